The van der Waals surface area contributed by atoms with Gasteiger partial charge in [-0.3, -0.25) is 4.90 Å². The molecule has 0 radical (unpaired) electrons. The van der Waals surface area contributed by atoms with Gasteiger partial charge in [-0.1, -0.05) is 0 Å². The molecule has 0 spiro atoms. The number of hydrogen-bond acceptors (Lipinski definition) is 3. The molecule has 0 atom stereocenters. The summed E-state index contributed by atoms with van der Waals surface area (Å²) in [6.45, 7) is 3.65. The summed E-state index contributed by atoms with van der Waals surface area (Å²) in [5, 5.41) is 8.66. The lowest BCUT2D eigenvalue weighted by atomic mass is 10.3. The van der Waals surface area contributed by atoms with E-state index in [-0.39, 0.29) is 6.61 Å². The van der Waals surface area contributed by atoms with Gasteiger partial charge in [-0.15, -0.1) is 0 Å². The average Bonchev–Trinajstić information content (AvgIpc) is 2.37. The molecule has 1 aromatic rings. The van der Waals surface area contributed by atoms with Crippen LogP contribution in [0.15, 0.2) is 16.7 Å². The van der Waals surface area contributed by atoms with Gasteiger partial charge in [0.15, 0.2) is 0 Å². The fraction of sp³-hybridized carbons (Fsp3) is 0.556. The first-order chi connectivity index (χ1) is 5.74. The van der Waals surface area contributed by atoms with Crippen LogP contribution < -0.4 is 0 Å². The van der Waals surface area contributed by atoms with Crippen molar-refractivity contribution < 1.29 is 9.52 Å². The maximum Gasteiger partial charge on any atom is 0.120 e. The van der Waals surface area contributed by atoms with Crippen LogP contribution in [0.2, 0.25) is 0 Å². The zero-order valence-electron chi connectivity index (χ0n) is 7.58. The van der Waals surface area contributed by atoms with Gasteiger partial charge in [0.2, 0.25) is 0 Å². The third-order valence-corrected chi connectivity index (χ3v) is 1.86. The molecular weight excluding hydrogens is 154 g/mol. The SMILES string of the molecule is Cc1ccoc1CN(C)CCO. The molecule has 68 valence electrons. The van der Waals surface area contributed by atoms with Gasteiger partial charge in [0.1, 0.15) is 5.76 Å². The molecule has 1 heterocycles. The zero-order valence-corrected chi connectivity index (χ0v) is 7.58. The Kier molecular flexibility index (Phi) is 3.31. The number of hydrogen-bond donors (Lipinski definition) is 1. The summed E-state index contributed by atoms with van der Waals surface area (Å²) in [6, 6.07) is 1.95. The molecule has 0 aliphatic carbocycles. The number of aliphatic hydroxyl groups excluding tert-OH is 1. The van der Waals surface area contributed by atoms with Crippen LogP contribution in [0.1, 0.15) is 11.3 Å². The molecule has 0 unspecified atom stereocenters. The maximum atomic E-state index is 8.66. The maximum absolute atomic E-state index is 8.66. The standard InChI is InChI=1S/C9H15NO2/c1-8-3-6-12-9(8)7-10(2)4-5-11/h3,6,11H,4-5,7H2,1-2H3. The van der Waals surface area contributed by atoms with Gasteiger partial charge in [-0.05, 0) is 25.6 Å². The minimum Gasteiger partial charge on any atom is -0.468 e. The molecule has 3 heteroatoms. The minimum atomic E-state index is 0.191. The molecule has 0 fully saturated rings. The van der Waals surface area contributed by atoms with Gasteiger partial charge in [-0.2, -0.15) is 0 Å². The van der Waals surface area contributed by atoms with Crippen molar-refractivity contribution in [3.63, 3.8) is 0 Å². The zero-order chi connectivity index (χ0) is 8.97. The average molecular weight is 169 g/mol. The van der Waals surface area contributed by atoms with Crippen molar-refractivity contribution in [3.8, 4) is 0 Å². The number of rotatable bonds is 4. The highest BCUT2D eigenvalue weighted by Gasteiger charge is 2.04. The molecule has 3 nitrogen and oxygen atoms in total. The van der Waals surface area contributed by atoms with E-state index in [1.165, 1.54) is 5.56 Å². The Morgan fingerprint density at radius 3 is 2.83 bits per heavy atom. The predicted octanol–water partition coefficient (Wildman–Crippen LogP) is 1.01. The van der Waals surface area contributed by atoms with Crippen LogP contribution in [0.5, 0.6) is 0 Å². The fourth-order valence-corrected chi connectivity index (χ4v) is 1.06. The molecule has 1 N–H and O–H groups in total. The predicted molar refractivity (Wildman–Crippen MR) is 46.9 cm³/mol. The lowest BCUT2D eigenvalue weighted by Gasteiger charge is -2.13. The Morgan fingerprint density at radius 1 is 1.58 bits per heavy atom. The summed E-state index contributed by atoms with van der Waals surface area (Å²) >= 11 is 0. The molecular formula is C9H15NO2. The highest BCUT2D eigenvalue weighted by Crippen LogP contribution is 2.10. The first-order valence-corrected chi connectivity index (χ1v) is 4.06. The van der Waals surface area contributed by atoms with Crippen molar-refractivity contribution >= 4 is 0 Å². The van der Waals surface area contributed by atoms with E-state index in [0.717, 1.165) is 12.3 Å². The number of nitrogens with zero attached hydrogens (tertiary/aromatic N) is 1. The van der Waals surface area contributed by atoms with Crippen LogP contribution in [0.25, 0.3) is 0 Å². The van der Waals surface area contributed by atoms with Crippen LogP contribution >= 0.6 is 0 Å². The first kappa shape index (κ1) is 9.29. The van der Waals surface area contributed by atoms with Crippen LogP contribution in [0, 0.1) is 6.92 Å². The molecule has 0 amide bonds. The van der Waals surface area contributed by atoms with E-state index in [4.69, 9.17) is 9.52 Å². The van der Waals surface area contributed by atoms with Crippen molar-refractivity contribution in [2.45, 2.75) is 13.5 Å². The largest absolute Gasteiger partial charge is 0.468 e. The van der Waals surface area contributed by atoms with Crippen LogP contribution in [0.3, 0.4) is 0 Å². The Balaban J connectivity index is 2.46. The summed E-state index contributed by atoms with van der Waals surface area (Å²) < 4.78 is 5.26. The Hall–Kier alpha value is -0.800. The van der Waals surface area contributed by atoms with Gasteiger partial charge in [0, 0.05) is 6.54 Å². The minimum absolute atomic E-state index is 0.191. The molecule has 0 saturated carbocycles. The second-order valence-electron chi connectivity index (χ2n) is 2.99. The second kappa shape index (κ2) is 4.28. The van der Waals surface area contributed by atoms with Crippen molar-refractivity contribution in [2.75, 3.05) is 20.2 Å². The summed E-state index contributed by atoms with van der Waals surface area (Å²) in [5.41, 5.74) is 1.17. The molecule has 0 aromatic carbocycles. The van der Waals surface area contributed by atoms with Gasteiger partial charge < -0.3 is 9.52 Å². The smallest absolute Gasteiger partial charge is 0.120 e. The van der Waals surface area contributed by atoms with Crippen molar-refractivity contribution in [3.05, 3.63) is 23.7 Å². The van der Waals surface area contributed by atoms with Crippen molar-refractivity contribution in [1.82, 2.24) is 4.90 Å². The Bertz CT molecular complexity index is 232. The molecule has 12 heavy (non-hydrogen) atoms. The molecule has 0 bridgehead atoms. The van der Waals surface area contributed by atoms with Gasteiger partial charge in [-0.25, -0.2) is 0 Å². The van der Waals surface area contributed by atoms with Crippen LogP contribution in [0.4, 0.5) is 0 Å². The lowest BCUT2D eigenvalue weighted by Crippen LogP contribution is -2.21. The highest BCUT2D eigenvalue weighted by atomic mass is 16.3. The van der Waals surface area contributed by atoms with Crippen molar-refractivity contribution in [1.29, 1.82) is 0 Å². The summed E-state index contributed by atoms with van der Waals surface area (Å²) in [5.74, 6) is 0.978. The number of aryl methyl sites for hydroxylation is 1. The fourth-order valence-electron chi connectivity index (χ4n) is 1.06. The van der Waals surface area contributed by atoms with Gasteiger partial charge in [0.05, 0.1) is 19.4 Å². The number of aliphatic hydroxyl groups is 1. The van der Waals surface area contributed by atoms with Crippen molar-refractivity contribution in [2.24, 2.45) is 0 Å². The number of furan rings is 1. The van der Waals surface area contributed by atoms with Crippen LogP contribution in [-0.2, 0) is 6.54 Å². The summed E-state index contributed by atoms with van der Waals surface area (Å²) in [7, 11) is 1.96. The van der Waals surface area contributed by atoms with E-state index in [2.05, 4.69) is 0 Å². The third kappa shape index (κ3) is 2.36. The molecule has 1 aromatic heterocycles. The Morgan fingerprint density at radius 2 is 2.33 bits per heavy atom. The van der Waals surface area contributed by atoms with E-state index in [9.17, 15) is 0 Å². The third-order valence-electron chi connectivity index (χ3n) is 1.86. The quantitative estimate of drug-likeness (QED) is 0.731. The molecule has 0 aliphatic rings. The van der Waals surface area contributed by atoms with E-state index in [1.807, 2.05) is 24.9 Å². The summed E-state index contributed by atoms with van der Waals surface area (Å²) in [4.78, 5) is 2.02. The summed E-state index contributed by atoms with van der Waals surface area (Å²) in [6.07, 6.45) is 1.69. The topological polar surface area (TPSA) is 36.6 Å². The van der Waals surface area contributed by atoms with E-state index in [1.54, 1.807) is 6.26 Å². The van der Waals surface area contributed by atoms with Crippen LogP contribution in [-0.4, -0.2) is 30.2 Å². The lowest BCUT2D eigenvalue weighted by molar-refractivity contribution is 0.208. The van der Waals surface area contributed by atoms with Gasteiger partial charge >= 0.3 is 0 Å². The Labute approximate surface area is 72.6 Å². The van der Waals surface area contributed by atoms with E-state index >= 15 is 0 Å². The normalized spacial score (nSPS) is 11.0. The second-order valence-corrected chi connectivity index (χ2v) is 2.99. The van der Waals surface area contributed by atoms with E-state index < -0.39 is 0 Å². The van der Waals surface area contributed by atoms with Gasteiger partial charge in [0.25, 0.3) is 0 Å². The molecule has 0 aliphatic heterocycles. The highest BCUT2D eigenvalue weighted by molar-refractivity contribution is 5.14. The van der Waals surface area contributed by atoms with E-state index in [0.29, 0.717) is 6.54 Å². The first-order valence-electron chi connectivity index (χ1n) is 4.06. The number of likely N-dealkylation sites (N-methyl/N-ethyl adjacent to an activating group) is 1. The monoisotopic (exact) mass is 169 g/mol. The molecule has 1 rings (SSSR count). The molecule has 0 saturated heterocycles.